The molecule has 5 nitrogen and oxygen atoms in total. The van der Waals surface area contributed by atoms with Crippen LogP contribution in [0.5, 0.6) is 0 Å². The Hall–Kier alpha value is -1.88. The van der Waals surface area contributed by atoms with Gasteiger partial charge in [-0.05, 0) is 19.1 Å². The summed E-state index contributed by atoms with van der Waals surface area (Å²) in [6, 6.07) is 9.00. The van der Waals surface area contributed by atoms with E-state index in [1.807, 2.05) is 18.2 Å². The summed E-state index contributed by atoms with van der Waals surface area (Å²) in [5.41, 5.74) is 0.676. The molecular formula is C12H13NO4. The van der Waals surface area contributed by atoms with Crippen LogP contribution < -0.4 is 5.32 Å². The van der Waals surface area contributed by atoms with Gasteiger partial charge in [-0.15, -0.1) is 0 Å². The van der Waals surface area contributed by atoms with Crippen molar-refractivity contribution in [3.05, 3.63) is 30.3 Å². The Morgan fingerprint density at radius 1 is 1.29 bits per heavy atom. The molecule has 0 unspecified atom stereocenters. The zero-order valence-corrected chi connectivity index (χ0v) is 9.38. The lowest BCUT2D eigenvalue weighted by atomic mass is 10.2. The number of amides is 1. The molecule has 0 radical (unpaired) electrons. The van der Waals surface area contributed by atoms with Crippen molar-refractivity contribution in [2.24, 2.45) is 0 Å². The Morgan fingerprint density at radius 2 is 2.00 bits per heavy atom. The number of hydrogen-bond acceptors (Lipinski definition) is 4. The van der Waals surface area contributed by atoms with Crippen molar-refractivity contribution >= 4 is 17.6 Å². The minimum atomic E-state index is -0.751. The number of hydrogen-bond donors (Lipinski definition) is 1. The molecule has 90 valence electrons. The third kappa shape index (κ3) is 2.82. The zero-order chi connectivity index (χ0) is 12.3. The smallest absolute Gasteiger partial charge is 0.338 e. The number of nitrogens with one attached hydrogen (secondary N) is 1. The summed E-state index contributed by atoms with van der Waals surface area (Å²) in [6.07, 6.45) is -1.48. The molecule has 1 N–H and O–H groups in total. The number of rotatable bonds is 4. The highest BCUT2D eigenvalue weighted by Crippen LogP contribution is 2.24. The molecular weight excluding hydrogens is 222 g/mol. The van der Waals surface area contributed by atoms with Crippen molar-refractivity contribution in [2.75, 3.05) is 11.9 Å². The largest absolute Gasteiger partial charge is 0.464 e. The van der Waals surface area contributed by atoms with Gasteiger partial charge in [0.15, 0.2) is 12.2 Å². The Morgan fingerprint density at radius 3 is 2.65 bits per heavy atom. The van der Waals surface area contributed by atoms with Gasteiger partial charge in [-0.1, -0.05) is 18.2 Å². The van der Waals surface area contributed by atoms with Gasteiger partial charge in [-0.3, -0.25) is 4.79 Å². The maximum absolute atomic E-state index is 11.6. The molecule has 1 aromatic rings. The van der Waals surface area contributed by atoms with Crippen LogP contribution >= 0.6 is 0 Å². The van der Waals surface area contributed by atoms with Crippen molar-refractivity contribution in [1.29, 1.82) is 0 Å². The van der Waals surface area contributed by atoms with Crippen LogP contribution in [0.4, 0.5) is 5.69 Å². The van der Waals surface area contributed by atoms with Gasteiger partial charge in [0.05, 0.1) is 6.61 Å². The normalized spacial score (nSPS) is 21.7. The lowest BCUT2D eigenvalue weighted by Crippen LogP contribution is -2.23. The van der Waals surface area contributed by atoms with E-state index in [2.05, 4.69) is 5.32 Å². The predicted molar refractivity (Wildman–Crippen MR) is 60.4 cm³/mol. The second kappa shape index (κ2) is 4.97. The van der Waals surface area contributed by atoms with Crippen molar-refractivity contribution in [3.63, 3.8) is 0 Å². The van der Waals surface area contributed by atoms with Gasteiger partial charge in [0, 0.05) is 5.69 Å². The number of para-hydroxylation sites is 1. The fourth-order valence-electron chi connectivity index (χ4n) is 1.45. The third-order valence-electron chi connectivity index (χ3n) is 2.31. The van der Waals surface area contributed by atoms with Crippen LogP contribution in [0.25, 0.3) is 0 Å². The van der Waals surface area contributed by atoms with Crippen LogP contribution in [0.2, 0.25) is 0 Å². The number of epoxide rings is 1. The molecule has 1 aromatic carbocycles. The number of anilines is 1. The number of benzene rings is 1. The highest BCUT2D eigenvalue weighted by Gasteiger charge is 2.51. The summed E-state index contributed by atoms with van der Waals surface area (Å²) >= 11 is 0. The Bertz CT molecular complexity index is 418. The minimum Gasteiger partial charge on any atom is -0.464 e. The molecule has 0 bridgehead atoms. The first-order valence-electron chi connectivity index (χ1n) is 5.40. The van der Waals surface area contributed by atoms with Gasteiger partial charge in [0.1, 0.15) is 0 Å². The molecule has 1 aliphatic rings. The second-order valence-corrected chi connectivity index (χ2v) is 3.58. The molecule has 17 heavy (non-hydrogen) atoms. The Kier molecular flexibility index (Phi) is 3.39. The van der Waals surface area contributed by atoms with Crippen LogP contribution in [-0.4, -0.2) is 30.7 Å². The quantitative estimate of drug-likeness (QED) is 0.623. The summed E-state index contributed by atoms with van der Waals surface area (Å²) in [4.78, 5) is 22.9. The lowest BCUT2D eigenvalue weighted by molar-refractivity contribution is -0.144. The van der Waals surface area contributed by atoms with Crippen LogP contribution in [0, 0.1) is 0 Å². The van der Waals surface area contributed by atoms with E-state index in [-0.39, 0.29) is 12.5 Å². The fourth-order valence-corrected chi connectivity index (χ4v) is 1.45. The van der Waals surface area contributed by atoms with Gasteiger partial charge < -0.3 is 14.8 Å². The molecule has 1 amide bonds. The van der Waals surface area contributed by atoms with E-state index in [0.717, 1.165) is 0 Å². The highest BCUT2D eigenvalue weighted by molar-refractivity contribution is 6.00. The maximum Gasteiger partial charge on any atom is 0.338 e. The first-order chi connectivity index (χ1) is 8.22. The molecule has 1 fully saturated rings. The molecule has 1 aliphatic heterocycles. The van der Waals surface area contributed by atoms with Gasteiger partial charge in [0.25, 0.3) is 5.91 Å². The van der Waals surface area contributed by atoms with Crippen molar-refractivity contribution < 1.29 is 19.1 Å². The molecule has 0 saturated carbocycles. The van der Waals surface area contributed by atoms with E-state index in [1.54, 1.807) is 19.1 Å². The lowest BCUT2D eigenvalue weighted by Gasteiger charge is -2.01. The van der Waals surface area contributed by atoms with E-state index in [9.17, 15) is 9.59 Å². The Labute approximate surface area is 98.7 Å². The highest BCUT2D eigenvalue weighted by atomic mass is 16.6. The zero-order valence-electron chi connectivity index (χ0n) is 9.38. The van der Waals surface area contributed by atoms with E-state index in [1.165, 1.54) is 0 Å². The molecule has 1 saturated heterocycles. The number of esters is 1. The average molecular weight is 235 g/mol. The predicted octanol–water partition coefficient (Wildman–Crippen LogP) is 0.956. The van der Waals surface area contributed by atoms with E-state index < -0.39 is 18.2 Å². The topological polar surface area (TPSA) is 67.9 Å². The van der Waals surface area contributed by atoms with Crippen LogP contribution in [0.3, 0.4) is 0 Å². The van der Waals surface area contributed by atoms with Crippen LogP contribution in [0.1, 0.15) is 6.92 Å². The Balaban J connectivity index is 1.85. The fraction of sp³-hybridized carbons (Fsp3) is 0.333. The van der Waals surface area contributed by atoms with Gasteiger partial charge in [0.2, 0.25) is 0 Å². The number of ether oxygens (including phenoxy) is 2. The summed E-state index contributed by atoms with van der Waals surface area (Å²) in [5, 5.41) is 2.66. The number of carbonyl (C=O) groups is 2. The van der Waals surface area contributed by atoms with E-state index in [4.69, 9.17) is 9.47 Å². The van der Waals surface area contributed by atoms with Crippen LogP contribution in [-0.2, 0) is 19.1 Å². The van der Waals surface area contributed by atoms with E-state index >= 15 is 0 Å². The van der Waals surface area contributed by atoms with Gasteiger partial charge in [-0.2, -0.15) is 0 Å². The van der Waals surface area contributed by atoms with Crippen molar-refractivity contribution in [3.8, 4) is 0 Å². The second-order valence-electron chi connectivity index (χ2n) is 3.58. The summed E-state index contributed by atoms with van der Waals surface area (Å²) < 4.78 is 9.73. The number of carbonyl (C=O) groups excluding carboxylic acids is 2. The molecule has 1 heterocycles. The van der Waals surface area contributed by atoms with Gasteiger partial charge in [-0.25, -0.2) is 4.79 Å². The molecule has 0 aliphatic carbocycles. The molecule has 0 spiro atoms. The van der Waals surface area contributed by atoms with E-state index in [0.29, 0.717) is 5.69 Å². The average Bonchev–Trinajstić information content (AvgIpc) is 3.10. The molecule has 2 atom stereocenters. The SMILES string of the molecule is CCOC(=O)[C@@H]1O[C@@H]1C(=O)Nc1ccccc1. The summed E-state index contributed by atoms with van der Waals surface area (Å²) in [5.74, 6) is -0.810. The van der Waals surface area contributed by atoms with Crippen molar-refractivity contribution in [2.45, 2.75) is 19.1 Å². The maximum atomic E-state index is 11.6. The first kappa shape index (κ1) is 11.6. The minimum absolute atomic E-state index is 0.283. The summed E-state index contributed by atoms with van der Waals surface area (Å²) in [7, 11) is 0. The molecule has 2 rings (SSSR count). The van der Waals surface area contributed by atoms with Gasteiger partial charge >= 0.3 is 5.97 Å². The summed E-state index contributed by atoms with van der Waals surface area (Å²) in [6.45, 7) is 1.99. The first-order valence-corrected chi connectivity index (χ1v) is 5.40. The standard InChI is InChI=1S/C12H13NO4/c1-2-16-12(15)10-9(17-10)11(14)13-8-6-4-3-5-7-8/h3-7,9-10H,2H2,1H3,(H,13,14)/t9-,10+/m0/s1. The van der Waals surface area contributed by atoms with Crippen LogP contribution in [0.15, 0.2) is 30.3 Å². The monoisotopic (exact) mass is 235 g/mol. The molecule has 5 heteroatoms. The molecule has 0 aromatic heterocycles. The third-order valence-corrected chi connectivity index (χ3v) is 2.31. The van der Waals surface area contributed by atoms with Crippen molar-refractivity contribution in [1.82, 2.24) is 0 Å².